The maximum Gasteiger partial charge on any atom is 0.312 e. The van der Waals surface area contributed by atoms with Gasteiger partial charge in [-0.25, -0.2) is 0 Å². The molecule has 4 fully saturated rings. The Morgan fingerprint density at radius 2 is 1.69 bits per heavy atom. The predicted octanol–water partition coefficient (Wildman–Crippen LogP) is 7.51. The largest absolute Gasteiger partial charge is 0.469 e. The first-order chi connectivity index (χ1) is 21.1. The summed E-state index contributed by atoms with van der Waals surface area (Å²) < 4.78 is 5.53. The van der Waals surface area contributed by atoms with Crippen LogP contribution in [0.4, 0.5) is 0 Å². The van der Waals surface area contributed by atoms with Gasteiger partial charge in [-0.15, -0.1) is 0 Å². The van der Waals surface area contributed by atoms with Gasteiger partial charge >= 0.3 is 5.97 Å². The third-order valence-electron chi connectivity index (χ3n) is 14.7. The molecule has 1 heterocycles. The standard InChI is InChI=1S/C39H56N2O4/c1-34(2)17-19-39(33(44)45-8)20-18-37(6)27(28(39)24-34)12-13-30-36(5)23-26(32(43)41-22-15-25-11-9-10-21-40-25)31(42)35(3,4)29(36)14-16-38(30,37)7/h9-12,21,26,28-30H,13-20,22-24H2,1-8H3,(H,41,43)/t26?,28?,29?,30?,36-,37+,38+,39-/m0/s1. The number of rotatable bonds is 5. The molecule has 6 nitrogen and oxygen atoms in total. The average Bonchev–Trinajstić information content (AvgIpc) is 2.99. The minimum absolute atomic E-state index is 0.0154. The van der Waals surface area contributed by atoms with Crippen molar-refractivity contribution in [3.63, 3.8) is 0 Å². The molecular formula is C39H56N2O4. The maximum absolute atomic E-state index is 14.1. The Bertz CT molecular complexity index is 1400. The van der Waals surface area contributed by atoms with Crippen LogP contribution >= 0.6 is 0 Å². The molecular weight excluding hydrogens is 560 g/mol. The van der Waals surface area contributed by atoms with Crippen LogP contribution in [0.15, 0.2) is 36.0 Å². The normalized spacial score (nSPS) is 41.3. The van der Waals surface area contributed by atoms with Gasteiger partial charge in [-0.1, -0.05) is 66.2 Å². The molecule has 4 saturated carbocycles. The number of hydrogen-bond acceptors (Lipinski definition) is 5. The van der Waals surface area contributed by atoms with Crippen molar-refractivity contribution in [3.05, 3.63) is 41.7 Å². The zero-order valence-electron chi connectivity index (χ0n) is 29.1. The Kier molecular flexibility index (Phi) is 7.76. The van der Waals surface area contributed by atoms with Crippen molar-refractivity contribution < 1.29 is 19.1 Å². The fourth-order valence-corrected chi connectivity index (χ4v) is 12.0. The third kappa shape index (κ3) is 4.69. The van der Waals surface area contributed by atoms with Gasteiger partial charge in [0.1, 0.15) is 0 Å². The fraction of sp³-hybridized carbons (Fsp3) is 0.744. The Morgan fingerprint density at radius 3 is 2.38 bits per heavy atom. The molecule has 1 aromatic rings. The molecule has 8 atom stereocenters. The van der Waals surface area contributed by atoms with Crippen LogP contribution in [0, 0.1) is 56.2 Å². The number of nitrogens with one attached hydrogen (secondary N) is 1. The van der Waals surface area contributed by atoms with Crippen molar-refractivity contribution in [1.29, 1.82) is 0 Å². The van der Waals surface area contributed by atoms with Crippen molar-refractivity contribution >= 4 is 17.7 Å². The van der Waals surface area contributed by atoms with E-state index in [2.05, 4.69) is 64.8 Å². The van der Waals surface area contributed by atoms with E-state index in [4.69, 9.17) is 4.74 Å². The summed E-state index contributed by atoms with van der Waals surface area (Å²) >= 11 is 0. The maximum atomic E-state index is 14.1. The number of nitrogens with zero attached hydrogens (tertiary/aromatic N) is 1. The van der Waals surface area contributed by atoms with Crippen LogP contribution in [0.1, 0.15) is 112 Å². The van der Waals surface area contributed by atoms with Crippen LogP contribution in [0.5, 0.6) is 0 Å². The van der Waals surface area contributed by atoms with Crippen molar-refractivity contribution in [1.82, 2.24) is 10.3 Å². The van der Waals surface area contributed by atoms with E-state index in [9.17, 15) is 14.4 Å². The van der Waals surface area contributed by atoms with Gasteiger partial charge in [-0.2, -0.15) is 0 Å². The first-order valence-corrected chi connectivity index (χ1v) is 17.6. The van der Waals surface area contributed by atoms with Gasteiger partial charge < -0.3 is 10.1 Å². The number of allylic oxidation sites excluding steroid dienone is 2. The molecule has 1 amide bonds. The van der Waals surface area contributed by atoms with Crippen LogP contribution < -0.4 is 5.32 Å². The minimum Gasteiger partial charge on any atom is -0.469 e. The zero-order valence-corrected chi connectivity index (χ0v) is 29.1. The molecule has 6 rings (SSSR count). The van der Waals surface area contributed by atoms with Crippen LogP contribution in [0.3, 0.4) is 0 Å². The number of ether oxygens (including phenoxy) is 1. The first-order valence-electron chi connectivity index (χ1n) is 17.6. The molecule has 0 aromatic carbocycles. The molecule has 4 unspecified atom stereocenters. The van der Waals surface area contributed by atoms with Gasteiger partial charge in [0.15, 0.2) is 5.78 Å². The van der Waals surface area contributed by atoms with Gasteiger partial charge in [0.2, 0.25) is 5.91 Å². The van der Waals surface area contributed by atoms with E-state index < -0.39 is 16.7 Å². The highest BCUT2D eigenvalue weighted by Gasteiger charge is 2.70. The lowest BCUT2D eigenvalue weighted by Gasteiger charge is -2.71. The number of aromatic nitrogens is 1. The summed E-state index contributed by atoms with van der Waals surface area (Å²) in [6.07, 6.45) is 13.4. The minimum atomic E-state index is -0.636. The molecule has 6 heteroatoms. The number of amides is 1. The second-order valence-corrected chi connectivity index (χ2v) is 17.6. The predicted molar refractivity (Wildman–Crippen MR) is 176 cm³/mol. The number of carbonyl (C=O) groups is 3. The summed E-state index contributed by atoms with van der Waals surface area (Å²) in [6.45, 7) is 16.9. The van der Waals surface area contributed by atoms with E-state index in [1.165, 1.54) is 5.57 Å². The zero-order chi connectivity index (χ0) is 32.6. The molecule has 0 spiro atoms. The molecule has 45 heavy (non-hydrogen) atoms. The van der Waals surface area contributed by atoms with Crippen molar-refractivity contribution in [2.24, 2.45) is 56.2 Å². The SMILES string of the molecule is COC(=O)[C@]12CCC(C)(C)CC1C1=CCC3[C@@]4(C)CC(C(=O)NCCc5ccccn5)C(=O)C(C)(C)C4CC[C@@]3(C)[C@]1(C)CC2. The monoisotopic (exact) mass is 616 g/mol. The highest BCUT2D eigenvalue weighted by molar-refractivity contribution is 6.04. The van der Waals surface area contributed by atoms with Gasteiger partial charge in [0.05, 0.1) is 18.4 Å². The molecule has 1 N–H and O–H groups in total. The highest BCUT2D eigenvalue weighted by atomic mass is 16.5. The van der Waals surface area contributed by atoms with Crippen LogP contribution in [0.2, 0.25) is 0 Å². The molecule has 0 saturated heterocycles. The number of fused-ring (bicyclic) bond motifs is 7. The van der Waals surface area contributed by atoms with Crippen LogP contribution in [0.25, 0.3) is 0 Å². The van der Waals surface area contributed by atoms with E-state index in [-0.39, 0.29) is 51.2 Å². The summed E-state index contributed by atoms with van der Waals surface area (Å²) in [6, 6.07) is 5.82. The number of hydrogen-bond donors (Lipinski definition) is 1. The number of ketones is 1. The summed E-state index contributed by atoms with van der Waals surface area (Å²) in [7, 11) is 1.56. The van der Waals surface area contributed by atoms with E-state index in [1.807, 2.05) is 18.2 Å². The topological polar surface area (TPSA) is 85.4 Å². The van der Waals surface area contributed by atoms with Gasteiger partial charge in [-0.05, 0) is 109 Å². The Morgan fingerprint density at radius 1 is 0.956 bits per heavy atom. The molecule has 1 aromatic heterocycles. The number of methoxy groups -OCH3 is 1. The number of esters is 1. The smallest absolute Gasteiger partial charge is 0.312 e. The van der Waals surface area contributed by atoms with E-state index in [0.29, 0.717) is 25.3 Å². The van der Waals surface area contributed by atoms with Crippen molar-refractivity contribution in [2.45, 2.75) is 113 Å². The molecule has 5 aliphatic carbocycles. The molecule has 246 valence electrons. The second-order valence-electron chi connectivity index (χ2n) is 17.6. The lowest BCUT2D eigenvalue weighted by molar-refractivity contribution is -0.196. The number of Topliss-reactive ketones (excluding diaryl/α,β-unsaturated/α-hetero) is 1. The molecule has 0 radical (unpaired) electrons. The van der Waals surface area contributed by atoms with E-state index >= 15 is 0 Å². The van der Waals surface area contributed by atoms with Gasteiger partial charge in [-0.3, -0.25) is 19.4 Å². The molecule has 5 aliphatic rings. The quantitative estimate of drug-likeness (QED) is 0.210. The average molecular weight is 617 g/mol. The molecule has 0 bridgehead atoms. The number of carbonyl (C=O) groups excluding carboxylic acids is 3. The summed E-state index contributed by atoms with van der Waals surface area (Å²) in [4.78, 5) is 45.8. The second kappa shape index (κ2) is 10.8. The van der Waals surface area contributed by atoms with Crippen LogP contribution in [-0.4, -0.2) is 36.3 Å². The lowest BCUT2D eigenvalue weighted by atomic mass is 9.33. The lowest BCUT2D eigenvalue weighted by Crippen LogP contribution is -2.66. The Hall–Kier alpha value is -2.50. The highest BCUT2D eigenvalue weighted by Crippen LogP contribution is 2.75. The van der Waals surface area contributed by atoms with Crippen molar-refractivity contribution in [3.8, 4) is 0 Å². The number of pyridine rings is 1. The third-order valence-corrected chi connectivity index (χ3v) is 14.7. The van der Waals surface area contributed by atoms with Gasteiger partial charge in [0, 0.05) is 30.3 Å². The van der Waals surface area contributed by atoms with Gasteiger partial charge in [0.25, 0.3) is 0 Å². The fourth-order valence-electron chi connectivity index (χ4n) is 12.0. The van der Waals surface area contributed by atoms with Crippen molar-refractivity contribution in [2.75, 3.05) is 13.7 Å². The van der Waals surface area contributed by atoms with E-state index in [1.54, 1.807) is 13.3 Å². The Balaban J connectivity index is 1.33. The van der Waals surface area contributed by atoms with Crippen LogP contribution in [-0.2, 0) is 25.5 Å². The molecule has 0 aliphatic heterocycles. The van der Waals surface area contributed by atoms with E-state index in [0.717, 1.165) is 57.1 Å². The summed E-state index contributed by atoms with van der Waals surface area (Å²) in [5.41, 5.74) is 1.47. The summed E-state index contributed by atoms with van der Waals surface area (Å²) in [5, 5.41) is 3.12. The first kappa shape index (κ1) is 32.4. The summed E-state index contributed by atoms with van der Waals surface area (Å²) in [5.74, 6) is 0.124. The Labute approximate surface area is 270 Å².